The number of rotatable bonds is 8. The number of aromatic nitrogens is 1. The van der Waals surface area contributed by atoms with Crippen LogP contribution in [0.15, 0.2) is 24.5 Å². The molecule has 1 unspecified atom stereocenters. The first kappa shape index (κ1) is 14.2. The summed E-state index contributed by atoms with van der Waals surface area (Å²) in [5.74, 6) is 0.848. The Kier molecular flexibility index (Phi) is 6.87. The minimum absolute atomic E-state index is 0.604. The third kappa shape index (κ3) is 5.31. The van der Waals surface area contributed by atoms with Crippen molar-refractivity contribution in [3.63, 3.8) is 0 Å². The number of nitrogens with one attached hydrogen (secondary N) is 1. The largest absolute Gasteiger partial charge is 0.314 e. The van der Waals surface area contributed by atoms with Crippen molar-refractivity contribution in [3.8, 4) is 0 Å². The Hall–Kier alpha value is -0.890. The summed E-state index contributed by atoms with van der Waals surface area (Å²) in [7, 11) is 0. The molecule has 1 heterocycles. The van der Waals surface area contributed by atoms with E-state index in [1.54, 1.807) is 0 Å². The molecule has 1 rings (SSSR count). The second kappa shape index (κ2) is 8.24. The molecule has 1 atom stereocenters. The van der Waals surface area contributed by atoms with Crippen molar-refractivity contribution in [2.45, 2.75) is 52.5 Å². The molecule has 1 N–H and O–H groups in total. The fourth-order valence-corrected chi connectivity index (χ4v) is 2.36. The van der Waals surface area contributed by atoms with Crippen LogP contribution in [0.4, 0.5) is 0 Å². The van der Waals surface area contributed by atoms with Gasteiger partial charge in [-0.3, -0.25) is 4.98 Å². The molecule has 0 aromatic carbocycles. The van der Waals surface area contributed by atoms with Crippen molar-refractivity contribution in [1.29, 1.82) is 0 Å². The van der Waals surface area contributed by atoms with E-state index in [4.69, 9.17) is 0 Å². The monoisotopic (exact) mass is 234 g/mol. The van der Waals surface area contributed by atoms with Gasteiger partial charge in [-0.2, -0.15) is 0 Å². The summed E-state index contributed by atoms with van der Waals surface area (Å²) in [6.45, 7) is 7.83. The van der Waals surface area contributed by atoms with Crippen LogP contribution in [0, 0.1) is 5.92 Å². The molecule has 0 aliphatic rings. The first-order chi connectivity index (χ1) is 8.30. The lowest BCUT2D eigenvalue weighted by Gasteiger charge is -2.22. The number of hydrogen-bond donors (Lipinski definition) is 1. The average Bonchev–Trinajstić information content (AvgIpc) is 2.37. The zero-order valence-electron chi connectivity index (χ0n) is 11.4. The number of pyridine rings is 1. The first-order valence-electron chi connectivity index (χ1n) is 6.92. The van der Waals surface area contributed by atoms with Crippen LogP contribution in [0.25, 0.3) is 0 Å². The van der Waals surface area contributed by atoms with E-state index in [-0.39, 0.29) is 0 Å². The summed E-state index contributed by atoms with van der Waals surface area (Å²) < 4.78 is 0. The Labute approximate surface area is 106 Å². The van der Waals surface area contributed by atoms with Gasteiger partial charge >= 0.3 is 0 Å². The number of hydrogen-bond acceptors (Lipinski definition) is 2. The topological polar surface area (TPSA) is 24.9 Å². The minimum Gasteiger partial charge on any atom is -0.314 e. The smallest absolute Gasteiger partial charge is 0.0270 e. The molecule has 0 saturated carbocycles. The standard InChI is InChI=1S/C15H26N2/c1-4-13(5-2)11-15(17-6-3)12-14-7-9-16-10-8-14/h7-10,13,15,17H,4-6,11-12H2,1-3H3. The highest BCUT2D eigenvalue weighted by atomic mass is 14.9. The van der Waals surface area contributed by atoms with Crippen molar-refractivity contribution >= 4 is 0 Å². The molecule has 1 aromatic heterocycles. The summed E-state index contributed by atoms with van der Waals surface area (Å²) >= 11 is 0. The van der Waals surface area contributed by atoms with Crippen LogP contribution in [0.1, 0.15) is 45.6 Å². The van der Waals surface area contributed by atoms with Gasteiger partial charge in [0, 0.05) is 18.4 Å². The Morgan fingerprint density at radius 2 is 1.76 bits per heavy atom. The van der Waals surface area contributed by atoms with Gasteiger partial charge in [0.15, 0.2) is 0 Å². The Morgan fingerprint density at radius 3 is 2.29 bits per heavy atom. The molecular formula is C15H26N2. The minimum atomic E-state index is 0.604. The van der Waals surface area contributed by atoms with Crippen molar-refractivity contribution in [3.05, 3.63) is 30.1 Å². The van der Waals surface area contributed by atoms with Gasteiger partial charge in [-0.25, -0.2) is 0 Å². The van der Waals surface area contributed by atoms with Gasteiger partial charge in [0.1, 0.15) is 0 Å². The van der Waals surface area contributed by atoms with E-state index < -0.39 is 0 Å². The third-order valence-electron chi connectivity index (χ3n) is 3.50. The molecule has 96 valence electrons. The van der Waals surface area contributed by atoms with Gasteiger partial charge < -0.3 is 5.32 Å². The molecule has 17 heavy (non-hydrogen) atoms. The predicted molar refractivity (Wildman–Crippen MR) is 74.1 cm³/mol. The summed E-state index contributed by atoms with van der Waals surface area (Å²) in [6, 6.07) is 4.85. The molecule has 2 heteroatoms. The second-order valence-corrected chi connectivity index (χ2v) is 4.73. The van der Waals surface area contributed by atoms with Crippen LogP contribution >= 0.6 is 0 Å². The van der Waals surface area contributed by atoms with E-state index in [2.05, 4.69) is 43.2 Å². The molecule has 0 amide bonds. The molecule has 1 aromatic rings. The summed E-state index contributed by atoms with van der Waals surface area (Å²) in [5, 5.41) is 3.61. The van der Waals surface area contributed by atoms with E-state index >= 15 is 0 Å². The maximum Gasteiger partial charge on any atom is 0.0270 e. The van der Waals surface area contributed by atoms with Crippen molar-refractivity contribution in [2.24, 2.45) is 5.92 Å². The lowest BCUT2D eigenvalue weighted by molar-refractivity contribution is 0.367. The molecule has 0 fully saturated rings. The maximum atomic E-state index is 4.07. The predicted octanol–water partition coefficient (Wildman–Crippen LogP) is 3.43. The summed E-state index contributed by atoms with van der Waals surface area (Å²) in [5.41, 5.74) is 1.39. The SMILES string of the molecule is CCNC(Cc1ccncc1)CC(CC)CC. The van der Waals surface area contributed by atoms with E-state index in [9.17, 15) is 0 Å². The van der Waals surface area contributed by atoms with Gasteiger partial charge in [0.05, 0.1) is 0 Å². The second-order valence-electron chi connectivity index (χ2n) is 4.73. The molecule has 0 aliphatic carbocycles. The molecule has 0 saturated heterocycles. The lowest BCUT2D eigenvalue weighted by Crippen LogP contribution is -2.33. The normalized spacial score (nSPS) is 12.9. The highest BCUT2D eigenvalue weighted by Crippen LogP contribution is 2.17. The van der Waals surface area contributed by atoms with Crippen molar-refractivity contribution < 1.29 is 0 Å². The fourth-order valence-electron chi connectivity index (χ4n) is 2.36. The Morgan fingerprint density at radius 1 is 1.12 bits per heavy atom. The van der Waals surface area contributed by atoms with E-state index in [0.717, 1.165) is 18.9 Å². The van der Waals surface area contributed by atoms with Crippen LogP contribution in [0.5, 0.6) is 0 Å². The van der Waals surface area contributed by atoms with E-state index in [0.29, 0.717) is 6.04 Å². The Bertz CT molecular complexity index is 280. The van der Waals surface area contributed by atoms with Crippen LogP contribution in [-0.2, 0) is 6.42 Å². The van der Waals surface area contributed by atoms with Gasteiger partial charge in [-0.15, -0.1) is 0 Å². The zero-order chi connectivity index (χ0) is 12.5. The lowest BCUT2D eigenvalue weighted by atomic mass is 9.91. The molecule has 0 radical (unpaired) electrons. The highest BCUT2D eigenvalue weighted by Gasteiger charge is 2.13. The van der Waals surface area contributed by atoms with Crippen LogP contribution in [0.2, 0.25) is 0 Å². The number of likely N-dealkylation sites (N-methyl/N-ethyl adjacent to an activating group) is 1. The fraction of sp³-hybridized carbons (Fsp3) is 0.667. The molecule has 0 aliphatic heterocycles. The van der Waals surface area contributed by atoms with Gasteiger partial charge in [-0.1, -0.05) is 33.6 Å². The molecular weight excluding hydrogens is 208 g/mol. The molecule has 0 spiro atoms. The maximum absolute atomic E-state index is 4.07. The molecule has 2 nitrogen and oxygen atoms in total. The third-order valence-corrected chi connectivity index (χ3v) is 3.50. The molecule has 0 bridgehead atoms. The van der Waals surface area contributed by atoms with Gasteiger partial charge in [0.25, 0.3) is 0 Å². The van der Waals surface area contributed by atoms with Crippen LogP contribution in [-0.4, -0.2) is 17.6 Å². The van der Waals surface area contributed by atoms with Crippen LogP contribution < -0.4 is 5.32 Å². The van der Waals surface area contributed by atoms with Crippen molar-refractivity contribution in [1.82, 2.24) is 10.3 Å². The van der Waals surface area contributed by atoms with E-state index in [1.807, 2.05) is 12.4 Å². The van der Waals surface area contributed by atoms with Crippen molar-refractivity contribution in [2.75, 3.05) is 6.54 Å². The van der Waals surface area contributed by atoms with Gasteiger partial charge in [-0.05, 0) is 43.0 Å². The summed E-state index contributed by atoms with van der Waals surface area (Å²) in [4.78, 5) is 4.07. The average molecular weight is 234 g/mol. The zero-order valence-corrected chi connectivity index (χ0v) is 11.4. The van der Waals surface area contributed by atoms with Crippen LogP contribution in [0.3, 0.4) is 0 Å². The number of nitrogens with zero attached hydrogens (tertiary/aromatic N) is 1. The Balaban J connectivity index is 2.53. The highest BCUT2D eigenvalue weighted by molar-refractivity contribution is 5.11. The quantitative estimate of drug-likeness (QED) is 0.745. The first-order valence-corrected chi connectivity index (χ1v) is 6.92. The summed E-state index contributed by atoms with van der Waals surface area (Å²) in [6.07, 6.45) is 8.74. The van der Waals surface area contributed by atoms with E-state index in [1.165, 1.54) is 24.8 Å². The van der Waals surface area contributed by atoms with Gasteiger partial charge in [0.2, 0.25) is 0 Å².